The van der Waals surface area contributed by atoms with Gasteiger partial charge in [0.25, 0.3) is 0 Å². The van der Waals surface area contributed by atoms with Crippen molar-refractivity contribution in [1.29, 1.82) is 0 Å². The fourth-order valence-corrected chi connectivity index (χ4v) is 1.80. The lowest BCUT2D eigenvalue weighted by Gasteiger charge is -2.23. The normalized spacial score (nSPS) is 26.9. The Morgan fingerprint density at radius 2 is 2.18 bits per heavy atom. The van der Waals surface area contributed by atoms with E-state index in [0.717, 1.165) is 13.5 Å². The number of nitrogens with one attached hydrogen (secondary N) is 1. The molecule has 7 heteroatoms. The molecule has 0 radical (unpaired) electrons. The van der Waals surface area contributed by atoms with E-state index in [1.54, 1.807) is 0 Å². The quantitative estimate of drug-likeness (QED) is 0.768. The molecule has 0 aliphatic carbocycles. The Morgan fingerprint density at radius 3 is 2.59 bits per heavy atom. The SMILES string of the molecule is COC(=O)C(NCC(F)(F)F)C1CCC(C)O1. The molecule has 1 saturated heterocycles. The summed E-state index contributed by atoms with van der Waals surface area (Å²) in [4.78, 5) is 11.4. The van der Waals surface area contributed by atoms with Gasteiger partial charge in [-0.2, -0.15) is 13.2 Å². The first-order chi connectivity index (χ1) is 7.83. The van der Waals surface area contributed by atoms with Crippen LogP contribution in [0.2, 0.25) is 0 Å². The van der Waals surface area contributed by atoms with Gasteiger partial charge in [-0.25, -0.2) is 0 Å². The van der Waals surface area contributed by atoms with E-state index in [1.807, 2.05) is 6.92 Å². The summed E-state index contributed by atoms with van der Waals surface area (Å²) >= 11 is 0. The van der Waals surface area contributed by atoms with Gasteiger partial charge in [0, 0.05) is 0 Å². The number of alkyl halides is 3. The molecule has 3 unspecified atom stereocenters. The average Bonchev–Trinajstić information content (AvgIpc) is 2.63. The van der Waals surface area contributed by atoms with E-state index in [-0.39, 0.29) is 6.10 Å². The van der Waals surface area contributed by atoms with Crippen molar-refractivity contribution in [2.45, 2.75) is 44.2 Å². The maximum Gasteiger partial charge on any atom is 0.401 e. The first kappa shape index (κ1) is 14.2. The van der Waals surface area contributed by atoms with Crippen molar-refractivity contribution in [3.05, 3.63) is 0 Å². The molecule has 0 aromatic carbocycles. The molecule has 4 nitrogen and oxygen atoms in total. The molecule has 0 bridgehead atoms. The number of hydrogen-bond donors (Lipinski definition) is 1. The largest absolute Gasteiger partial charge is 0.468 e. The molecule has 0 saturated carbocycles. The Labute approximate surface area is 97.5 Å². The molecule has 100 valence electrons. The molecule has 1 rings (SSSR count). The fraction of sp³-hybridized carbons (Fsp3) is 0.900. The van der Waals surface area contributed by atoms with Gasteiger partial charge < -0.3 is 9.47 Å². The van der Waals surface area contributed by atoms with Gasteiger partial charge in [0.1, 0.15) is 6.04 Å². The zero-order valence-corrected chi connectivity index (χ0v) is 9.71. The lowest BCUT2D eigenvalue weighted by molar-refractivity contribution is -0.151. The van der Waals surface area contributed by atoms with Crippen LogP contribution in [0.4, 0.5) is 13.2 Å². The van der Waals surface area contributed by atoms with Crippen LogP contribution in [0.25, 0.3) is 0 Å². The molecule has 3 atom stereocenters. The number of methoxy groups -OCH3 is 1. The highest BCUT2D eigenvalue weighted by molar-refractivity contribution is 5.76. The molecule has 1 aliphatic heterocycles. The van der Waals surface area contributed by atoms with Crippen LogP contribution in [0, 0.1) is 0 Å². The fourth-order valence-electron chi connectivity index (χ4n) is 1.80. The van der Waals surface area contributed by atoms with Crippen molar-refractivity contribution in [2.75, 3.05) is 13.7 Å². The molecular weight excluding hydrogens is 239 g/mol. The van der Waals surface area contributed by atoms with Crippen molar-refractivity contribution in [3.63, 3.8) is 0 Å². The summed E-state index contributed by atoms with van der Waals surface area (Å²) in [6.45, 7) is 0.582. The van der Waals surface area contributed by atoms with Gasteiger partial charge in [-0.3, -0.25) is 10.1 Å². The lowest BCUT2D eigenvalue weighted by atomic mass is 10.1. The minimum absolute atomic E-state index is 0.0418. The van der Waals surface area contributed by atoms with Crippen molar-refractivity contribution >= 4 is 5.97 Å². The molecule has 0 aromatic heterocycles. The topological polar surface area (TPSA) is 47.6 Å². The number of rotatable bonds is 4. The number of carbonyl (C=O) groups is 1. The van der Waals surface area contributed by atoms with Gasteiger partial charge in [-0.15, -0.1) is 0 Å². The van der Waals surface area contributed by atoms with Crippen LogP contribution >= 0.6 is 0 Å². The first-order valence-corrected chi connectivity index (χ1v) is 5.37. The van der Waals surface area contributed by atoms with Crippen LogP contribution in [0.15, 0.2) is 0 Å². The predicted molar refractivity (Wildman–Crippen MR) is 53.4 cm³/mol. The maximum atomic E-state index is 12.1. The summed E-state index contributed by atoms with van der Waals surface area (Å²) in [5.41, 5.74) is 0. The lowest BCUT2D eigenvalue weighted by Crippen LogP contribution is -2.49. The second-order valence-corrected chi connectivity index (χ2v) is 4.06. The highest BCUT2D eigenvalue weighted by atomic mass is 19.4. The molecule has 1 fully saturated rings. The van der Waals surface area contributed by atoms with Crippen molar-refractivity contribution in [1.82, 2.24) is 5.32 Å². The molecule has 0 amide bonds. The molecular formula is C10H16F3NO3. The van der Waals surface area contributed by atoms with Crippen LogP contribution in [0.5, 0.6) is 0 Å². The summed E-state index contributed by atoms with van der Waals surface area (Å²) in [5.74, 6) is -0.728. The standard InChI is InChI=1S/C10H16F3NO3/c1-6-3-4-7(17-6)8(9(15)16-2)14-5-10(11,12)13/h6-8,14H,3-5H2,1-2H3. The number of hydrogen-bond acceptors (Lipinski definition) is 4. The van der Waals surface area contributed by atoms with Crippen LogP contribution in [-0.4, -0.2) is 44.0 Å². The Hall–Kier alpha value is -0.820. The third-order valence-electron chi connectivity index (χ3n) is 2.61. The van der Waals surface area contributed by atoms with E-state index in [1.165, 1.54) is 0 Å². The second-order valence-electron chi connectivity index (χ2n) is 4.06. The van der Waals surface area contributed by atoms with E-state index in [0.29, 0.717) is 6.42 Å². The minimum atomic E-state index is -4.36. The summed E-state index contributed by atoms with van der Waals surface area (Å²) in [6.07, 6.45) is -3.69. The van der Waals surface area contributed by atoms with Gasteiger partial charge in [0.15, 0.2) is 0 Å². The van der Waals surface area contributed by atoms with E-state index in [9.17, 15) is 18.0 Å². The number of carbonyl (C=O) groups excluding carboxylic acids is 1. The first-order valence-electron chi connectivity index (χ1n) is 5.37. The predicted octanol–water partition coefficient (Wildman–Crippen LogP) is 1.25. The van der Waals surface area contributed by atoms with Crippen LogP contribution < -0.4 is 5.32 Å². The monoisotopic (exact) mass is 255 g/mol. The van der Waals surface area contributed by atoms with Gasteiger partial charge in [0.2, 0.25) is 0 Å². The second kappa shape index (κ2) is 5.68. The van der Waals surface area contributed by atoms with Crippen molar-refractivity contribution in [3.8, 4) is 0 Å². The third-order valence-corrected chi connectivity index (χ3v) is 2.61. The van der Waals surface area contributed by atoms with E-state index in [4.69, 9.17) is 4.74 Å². The van der Waals surface area contributed by atoms with E-state index >= 15 is 0 Å². The summed E-state index contributed by atoms with van der Waals surface area (Å²) in [6, 6.07) is -1.06. The number of esters is 1. The molecule has 17 heavy (non-hydrogen) atoms. The van der Waals surface area contributed by atoms with Gasteiger partial charge >= 0.3 is 12.1 Å². The zero-order valence-electron chi connectivity index (χ0n) is 9.71. The molecule has 1 N–H and O–H groups in total. The third kappa shape index (κ3) is 4.51. The number of ether oxygens (including phenoxy) is 2. The molecule has 1 aliphatic rings. The summed E-state index contributed by atoms with van der Waals surface area (Å²) < 4.78 is 46.1. The maximum absolute atomic E-state index is 12.1. The Balaban J connectivity index is 2.58. The summed E-state index contributed by atoms with van der Waals surface area (Å²) in [5, 5.41) is 2.15. The van der Waals surface area contributed by atoms with Gasteiger partial charge in [-0.05, 0) is 19.8 Å². The van der Waals surface area contributed by atoms with Gasteiger partial charge in [-0.1, -0.05) is 0 Å². The molecule has 1 heterocycles. The zero-order chi connectivity index (χ0) is 13.1. The Kier molecular flexibility index (Phi) is 4.76. The minimum Gasteiger partial charge on any atom is -0.468 e. The molecule has 0 spiro atoms. The van der Waals surface area contributed by atoms with Crippen molar-refractivity contribution < 1.29 is 27.4 Å². The van der Waals surface area contributed by atoms with E-state index < -0.39 is 30.8 Å². The van der Waals surface area contributed by atoms with Crippen LogP contribution in [-0.2, 0) is 14.3 Å². The summed E-state index contributed by atoms with van der Waals surface area (Å²) in [7, 11) is 1.14. The molecule has 0 aromatic rings. The number of halogens is 3. The highest BCUT2D eigenvalue weighted by Gasteiger charge is 2.37. The van der Waals surface area contributed by atoms with E-state index in [2.05, 4.69) is 10.1 Å². The van der Waals surface area contributed by atoms with Crippen LogP contribution in [0.1, 0.15) is 19.8 Å². The van der Waals surface area contributed by atoms with Crippen molar-refractivity contribution in [2.24, 2.45) is 0 Å². The highest BCUT2D eigenvalue weighted by Crippen LogP contribution is 2.23. The Morgan fingerprint density at radius 1 is 1.53 bits per heavy atom. The van der Waals surface area contributed by atoms with Crippen LogP contribution in [0.3, 0.4) is 0 Å². The Bertz CT molecular complexity index is 270. The van der Waals surface area contributed by atoms with Gasteiger partial charge in [0.05, 0.1) is 25.9 Å². The smallest absolute Gasteiger partial charge is 0.401 e. The average molecular weight is 255 g/mol.